The number of benzene rings is 1. The van der Waals surface area contributed by atoms with Gasteiger partial charge in [-0.25, -0.2) is 13.1 Å². The van der Waals surface area contributed by atoms with E-state index in [4.69, 9.17) is 5.73 Å². The molecule has 0 aromatic heterocycles. The second kappa shape index (κ2) is 7.77. The van der Waals surface area contributed by atoms with Crippen molar-refractivity contribution in [2.75, 3.05) is 6.54 Å². The summed E-state index contributed by atoms with van der Waals surface area (Å²) in [6, 6.07) is 2.65. The molecular weight excluding hydrogens is 397 g/mol. The maximum Gasteiger partial charge on any atom is 0.417 e. The summed E-state index contributed by atoms with van der Waals surface area (Å²) >= 11 is 2.90. The van der Waals surface area contributed by atoms with Crippen LogP contribution in [0.2, 0.25) is 0 Å². The molecule has 0 amide bonds. The van der Waals surface area contributed by atoms with Crippen molar-refractivity contribution in [3.8, 4) is 0 Å². The van der Waals surface area contributed by atoms with Crippen LogP contribution in [0.1, 0.15) is 18.9 Å². The molecule has 1 atom stereocenters. The van der Waals surface area contributed by atoms with Gasteiger partial charge < -0.3 is 5.73 Å². The number of alkyl halides is 3. The quantitative estimate of drug-likeness (QED) is 0.782. The molecule has 0 bridgehead atoms. The Morgan fingerprint density at radius 1 is 1.38 bits per heavy atom. The molecule has 0 spiro atoms. The number of sulfonamides is 1. The van der Waals surface area contributed by atoms with E-state index in [9.17, 15) is 21.6 Å². The summed E-state index contributed by atoms with van der Waals surface area (Å²) in [5, 5.41) is 0. The summed E-state index contributed by atoms with van der Waals surface area (Å²) in [5.74, 6) is 0. The summed E-state index contributed by atoms with van der Waals surface area (Å²) in [7, 11) is -4.23. The first kappa shape index (κ1) is 20.6. The molecule has 0 fully saturated rings. The Kier molecular flexibility index (Phi) is 7.64. The molecule has 0 aliphatic heterocycles. The lowest BCUT2D eigenvalue weighted by molar-refractivity contribution is -0.139. The molecular formula is C11H15BrClF3N2O2S. The predicted octanol–water partition coefficient (Wildman–Crippen LogP) is 2.91. The fourth-order valence-corrected chi connectivity index (χ4v) is 3.07. The molecule has 0 aliphatic carbocycles. The molecule has 0 radical (unpaired) electrons. The smallest absolute Gasteiger partial charge is 0.328 e. The van der Waals surface area contributed by atoms with E-state index >= 15 is 0 Å². The first-order valence-electron chi connectivity index (χ1n) is 5.66. The van der Waals surface area contributed by atoms with Crippen LogP contribution in [0.5, 0.6) is 0 Å². The lowest BCUT2D eigenvalue weighted by atomic mass is 10.2. The van der Waals surface area contributed by atoms with Crippen LogP contribution in [0.25, 0.3) is 0 Å². The van der Waals surface area contributed by atoms with Crippen LogP contribution in [-0.2, 0) is 16.2 Å². The molecule has 0 saturated carbocycles. The predicted molar refractivity (Wildman–Crippen MR) is 79.8 cm³/mol. The number of nitrogens with two attached hydrogens (primary N) is 1. The van der Waals surface area contributed by atoms with Crippen molar-refractivity contribution in [2.24, 2.45) is 5.73 Å². The molecule has 0 saturated heterocycles. The highest BCUT2D eigenvalue weighted by Gasteiger charge is 2.37. The fourth-order valence-electron chi connectivity index (χ4n) is 1.46. The summed E-state index contributed by atoms with van der Waals surface area (Å²) in [6.45, 7) is 1.66. The van der Waals surface area contributed by atoms with Crippen molar-refractivity contribution in [3.63, 3.8) is 0 Å². The van der Waals surface area contributed by atoms with Crippen LogP contribution in [0.4, 0.5) is 13.2 Å². The number of hydrogen-bond donors (Lipinski definition) is 2. The van der Waals surface area contributed by atoms with Gasteiger partial charge in [0.25, 0.3) is 0 Å². The molecule has 1 unspecified atom stereocenters. The Hall–Kier alpha value is -0.350. The Balaban J connectivity index is 0.00000400. The summed E-state index contributed by atoms with van der Waals surface area (Å²) in [5.41, 5.74) is 4.25. The third kappa shape index (κ3) is 6.11. The van der Waals surface area contributed by atoms with Gasteiger partial charge in [-0.2, -0.15) is 13.2 Å². The van der Waals surface area contributed by atoms with Crippen molar-refractivity contribution >= 4 is 38.4 Å². The average Bonchev–Trinajstić information content (AvgIpc) is 2.26. The molecule has 1 rings (SSSR count). The van der Waals surface area contributed by atoms with Crippen LogP contribution in [0.15, 0.2) is 27.6 Å². The Morgan fingerprint density at radius 3 is 2.43 bits per heavy atom. The number of halogens is 5. The zero-order chi connectivity index (χ0) is 15.6. The molecule has 122 valence electrons. The summed E-state index contributed by atoms with van der Waals surface area (Å²) < 4.78 is 64.7. The fraction of sp³-hybridized carbons (Fsp3) is 0.455. The van der Waals surface area contributed by atoms with Crippen LogP contribution in [-0.4, -0.2) is 21.0 Å². The monoisotopic (exact) mass is 410 g/mol. The van der Waals surface area contributed by atoms with Gasteiger partial charge in [0.15, 0.2) is 0 Å². The highest BCUT2D eigenvalue weighted by Crippen LogP contribution is 2.35. The average molecular weight is 412 g/mol. The lowest BCUT2D eigenvalue weighted by Crippen LogP contribution is -2.30. The third-order valence-corrected chi connectivity index (χ3v) is 4.44. The standard InChI is InChI=1S/C11H14BrF3N2O2S.ClH/c1-7(16)4-5-17-20(18,19)10-3-2-8(12)6-9(10)11(13,14)15;/h2-3,6-7,17H,4-5,16H2,1H3;1H. The summed E-state index contributed by atoms with van der Waals surface area (Å²) in [4.78, 5) is -0.794. The Bertz CT molecular complexity index is 579. The lowest BCUT2D eigenvalue weighted by Gasteiger charge is -2.14. The third-order valence-electron chi connectivity index (χ3n) is 2.43. The van der Waals surface area contributed by atoms with Crippen LogP contribution in [0, 0.1) is 0 Å². The molecule has 4 nitrogen and oxygen atoms in total. The van der Waals surface area contributed by atoms with Crippen molar-refractivity contribution in [2.45, 2.75) is 30.5 Å². The van der Waals surface area contributed by atoms with Gasteiger partial charge in [0, 0.05) is 17.1 Å². The van der Waals surface area contributed by atoms with E-state index in [2.05, 4.69) is 20.7 Å². The topological polar surface area (TPSA) is 72.2 Å². The van der Waals surface area contributed by atoms with E-state index in [1.165, 1.54) is 6.07 Å². The highest BCUT2D eigenvalue weighted by atomic mass is 79.9. The van der Waals surface area contributed by atoms with Crippen LogP contribution in [0.3, 0.4) is 0 Å². The molecule has 21 heavy (non-hydrogen) atoms. The van der Waals surface area contributed by atoms with E-state index in [1.54, 1.807) is 6.92 Å². The molecule has 1 aromatic carbocycles. The van der Waals surface area contributed by atoms with Gasteiger partial charge in [-0.15, -0.1) is 12.4 Å². The maximum atomic E-state index is 12.9. The molecule has 3 N–H and O–H groups in total. The number of rotatable bonds is 5. The SMILES string of the molecule is CC(N)CCNS(=O)(=O)c1ccc(Br)cc1C(F)(F)F.Cl. The second-order valence-electron chi connectivity index (χ2n) is 4.30. The van der Waals surface area contributed by atoms with Gasteiger partial charge in [-0.05, 0) is 31.5 Å². The van der Waals surface area contributed by atoms with E-state index < -0.39 is 26.7 Å². The zero-order valence-electron chi connectivity index (χ0n) is 10.9. The largest absolute Gasteiger partial charge is 0.417 e. The van der Waals surface area contributed by atoms with Crippen LogP contribution < -0.4 is 10.5 Å². The van der Waals surface area contributed by atoms with Gasteiger partial charge in [0.05, 0.1) is 10.5 Å². The normalized spacial score (nSPS) is 13.6. The minimum Gasteiger partial charge on any atom is -0.328 e. The Labute approximate surface area is 135 Å². The van der Waals surface area contributed by atoms with Gasteiger partial charge in [0.1, 0.15) is 0 Å². The van der Waals surface area contributed by atoms with E-state index in [1.807, 2.05) is 0 Å². The minimum absolute atomic E-state index is 0. The molecule has 10 heteroatoms. The van der Waals surface area contributed by atoms with Crippen molar-refractivity contribution in [3.05, 3.63) is 28.2 Å². The minimum atomic E-state index is -4.75. The first-order chi connectivity index (χ1) is 9.04. The first-order valence-corrected chi connectivity index (χ1v) is 7.93. The van der Waals surface area contributed by atoms with E-state index in [-0.39, 0.29) is 29.5 Å². The van der Waals surface area contributed by atoms with Gasteiger partial charge in [-0.1, -0.05) is 15.9 Å². The van der Waals surface area contributed by atoms with Crippen molar-refractivity contribution < 1.29 is 21.6 Å². The van der Waals surface area contributed by atoms with Crippen LogP contribution >= 0.6 is 28.3 Å². The molecule has 0 aliphatic rings. The van der Waals surface area contributed by atoms with E-state index in [0.717, 1.165) is 12.1 Å². The number of hydrogen-bond acceptors (Lipinski definition) is 3. The number of nitrogens with one attached hydrogen (secondary N) is 1. The Morgan fingerprint density at radius 2 is 1.95 bits per heavy atom. The van der Waals surface area contributed by atoms with Gasteiger partial charge in [-0.3, -0.25) is 0 Å². The van der Waals surface area contributed by atoms with E-state index in [0.29, 0.717) is 6.42 Å². The second-order valence-corrected chi connectivity index (χ2v) is 6.95. The van der Waals surface area contributed by atoms with Gasteiger partial charge >= 0.3 is 6.18 Å². The van der Waals surface area contributed by atoms with Crippen molar-refractivity contribution in [1.29, 1.82) is 0 Å². The summed E-state index contributed by atoms with van der Waals surface area (Å²) in [6.07, 6.45) is -4.42. The molecule has 0 heterocycles. The van der Waals surface area contributed by atoms with Gasteiger partial charge in [0.2, 0.25) is 10.0 Å². The van der Waals surface area contributed by atoms with Crippen molar-refractivity contribution in [1.82, 2.24) is 4.72 Å². The highest BCUT2D eigenvalue weighted by molar-refractivity contribution is 9.10. The maximum absolute atomic E-state index is 12.9. The zero-order valence-corrected chi connectivity index (χ0v) is 14.2. The molecule has 1 aromatic rings.